The Morgan fingerprint density at radius 2 is 2.25 bits per heavy atom. The highest BCUT2D eigenvalue weighted by Gasteiger charge is 2.50. The van der Waals surface area contributed by atoms with Crippen LogP contribution >= 0.6 is 0 Å². The van der Waals surface area contributed by atoms with Gasteiger partial charge in [-0.3, -0.25) is 14.5 Å². The van der Waals surface area contributed by atoms with Crippen molar-refractivity contribution in [3.8, 4) is 0 Å². The molecule has 1 unspecified atom stereocenters. The van der Waals surface area contributed by atoms with Gasteiger partial charge in [-0.05, 0) is 18.9 Å². The van der Waals surface area contributed by atoms with E-state index in [0.29, 0.717) is 19.0 Å². The van der Waals surface area contributed by atoms with Gasteiger partial charge in [0, 0.05) is 31.6 Å². The number of allylic oxidation sites excluding steroid dienone is 1. The van der Waals surface area contributed by atoms with Gasteiger partial charge in [-0.2, -0.15) is 0 Å². The van der Waals surface area contributed by atoms with Crippen LogP contribution < -0.4 is 0 Å². The topological polar surface area (TPSA) is 40.6 Å². The first kappa shape index (κ1) is 10.0. The fourth-order valence-corrected chi connectivity index (χ4v) is 3.19. The predicted octanol–water partition coefficient (Wildman–Crippen LogP) is 0.191. The fraction of sp³-hybridized carbons (Fsp3) is 0.667. The molecule has 2 bridgehead atoms. The van der Waals surface area contributed by atoms with E-state index < -0.39 is 0 Å². The molecule has 0 saturated carbocycles. The van der Waals surface area contributed by atoms with Crippen LogP contribution in [0.4, 0.5) is 0 Å². The lowest BCUT2D eigenvalue weighted by molar-refractivity contribution is -0.135. The number of likely N-dealkylation sites (N-methyl/N-ethyl adjacent to an activating group) is 1. The third-order valence-electron chi connectivity index (χ3n) is 4.30. The third kappa shape index (κ3) is 1.26. The maximum absolute atomic E-state index is 11.7. The average Bonchev–Trinajstić information content (AvgIpc) is 2.56. The molecule has 0 radical (unpaired) electrons. The summed E-state index contributed by atoms with van der Waals surface area (Å²) in [6.07, 6.45) is 6.22. The van der Waals surface area contributed by atoms with E-state index in [-0.39, 0.29) is 17.2 Å². The number of fused-ring (bicyclic) bond motifs is 3. The summed E-state index contributed by atoms with van der Waals surface area (Å²) in [5.41, 5.74) is -0.0149. The number of rotatable bonds is 0. The second-order valence-corrected chi connectivity index (χ2v) is 5.15. The molecule has 0 N–H and O–H groups in total. The molecule has 4 heteroatoms. The molecule has 3 aliphatic rings. The van der Waals surface area contributed by atoms with Crippen molar-refractivity contribution in [1.82, 2.24) is 9.80 Å². The highest BCUT2D eigenvalue weighted by atomic mass is 16.2. The zero-order chi connectivity index (χ0) is 11.3. The number of hydrogen-bond acceptors (Lipinski definition) is 3. The van der Waals surface area contributed by atoms with Gasteiger partial charge in [-0.15, -0.1) is 0 Å². The van der Waals surface area contributed by atoms with E-state index in [1.54, 1.807) is 6.08 Å². The minimum Gasteiger partial charge on any atom is -0.340 e. The normalized spacial score (nSPS) is 42.2. The van der Waals surface area contributed by atoms with Crippen molar-refractivity contribution in [2.75, 3.05) is 20.1 Å². The molecule has 2 heterocycles. The van der Waals surface area contributed by atoms with Crippen LogP contribution in [-0.4, -0.2) is 53.2 Å². The summed E-state index contributed by atoms with van der Waals surface area (Å²) in [7, 11) is 1.89. The van der Waals surface area contributed by atoms with E-state index in [0.717, 1.165) is 19.4 Å². The van der Waals surface area contributed by atoms with Gasteiger partial charge in [0.15, 0.2) is 5.78 Å². The van der Waals surface area contributed by atoms with Gasteiger partial charge < -0.3 is 4.90 Å². The van der Waals surface area contributed by atoms with Crippen LogP contribution in [0.1, 0.15) is 19.3 Å². The smallest absolute Gasteiger partial charge is 0.236 e. The van der Waals surface area contributed by atoms with E-state index in [2.05, 4.69) is 4.90 Å². The first-order chi connectivity index (χ1) is 7.61. The zero-order valence-electron chi connectivity index (χ0n) is 9.48. The van der Waals surface area contributed by atoms with Gasteiger partial charge in [0.1, 0.15) is 0 Å². The minimum atomic E-state index is -0.0149. The standard InChI is InChI=1S/C12H16N2O2/c1-13-9-6-12(4-2-10(15)3-5-12)14(7-9)8-11(13)16/h2,4,9H,3,5-8H2,1H3/t9-,12-/m0/s1. The van der Waals surface area contributed by atoms with Gasteiger partial charge >= 0.3 is 0 Å². The van der Waals surface area contributed by atoms with E-state index in [9.17, 15) is 9.59 Å². The Labute approximate surface area is 94.9 Å². The summed E-state index contributed by atoms with van der Waals surface area (Å²) in [5.74, 6) is 0.423. The molecule has 0 aromatic carbocycles. The fourth-order valence-electron chi connectivity index (χ4n) is 3.19. The Morgan fingerprint density at radius 3 is 2.94 bits per heavy atom. The van der Waals surface area contributed by atoms with Gasteiger partial charge in [0.05, 0.1) is 6.54 Å². The van der Waals surface area contributed by atoms with Gasteiger partial charge in [-0.25, -0.2) is 0 Å². The number of amides is 1. The highest BCUT2D eigenvalue weighted by molar-refractivity contribution is 5.91. The summed E-state index contributed by atoms with van der Waals surface area (Å²) in [4.78, 5) is 27.1. The van der Waals surface area contributed by atoms with Crippen LogP contribution in [0.3, 0.4) is 0 Å². The van der Waals surface area contributed by atoms with E-state index >= 15 is 0 Å². The molecule has 2 saturated heterocycles. The number of carbonyl (C=O) groups excluding carboxylic acids is 2. The molecule has 2 fully saturated rings. The quantitative estimate of drug-likeness (QED) is 0.585. The molecular formula is C12H16N2O2. The molecule has 0 aromatic rings. The van der Waals surface area contributed by atoms with Crippen LogP contribution in [0.2, 0.25) is 0 Å². The Morgan fingerprint density at radius 1 is 1.44 bits per heavy atom. The molecule has 3 rings (SSSR count). The van der Waals surface area contributed by atoms with Crippen molar-refractivity contribution in [3.05, 3.63) is 12.2 Å². The maximum atomic E-state index is 11.7. The predicted molar refractivity (Wildman–Crippen MR) is 58.9 cm³/mol. The number of ketones is 1. The van der Waals surface area contributed by atoms with Crippen molar-refractivity contribution in [1.29, 1.82) is 0 Å². The molecule has 16 heavy (non-hydrogen) atoms. The first-order valence-electron chi connectivity index (χ1n) is 5.83. The lowest BCUT2D eigenvalue weighted by Gasteiger charge is -2.37. The lowest BCUT2D eigenvalue weighted by atomic mass is 9.84. The minimum absolute atomic E-state index is 0.0149. The molecule has 4 nitrogen and oxygen atoms in total. The summed E-state index contributed by atoms with van der Waals surface area (Å²) in [5, 5.41) is 0. The van der Waals surface area contributed by atoms with Gasteiger partial charge in [0.2, 0.25) is 5.91 Å². The zero-order valence-corrected chi connectivity index (χ0v) is 9.48. The Kier molecular flexibility index (Phi) is 1.98. The largest absolute Gasteiger partial charge is 0.340 e. The van der Waals surface area contributed by atoms with Crippen molar-refractivity contribution in [2.24, 2.45) is 0 Å². The summed E-state index contributed by atoms with van der Waals surface area (Å²) < 4.78 is 0. The molecule has 86 valence electrons. The van der Waals surface area contributed by atoms with Crippen LogP contribution in [0.15, 0.2) is 12.2 Å². The second kappa shape index (κ2) is 3.17. The highest BCUT2D eigenvalue weighted by Crippen LogP contribution is 2.40. The molecule has 1 aliphatic carbocycles. The van der Waals surface area contributed by atoms with Crippen LogP contribution in [-0.2, 0) is 9.59 Å². The molecule has 3 atom stereocenters. The SMILES string of the molecule is CN1C(=O)CN2C[C@@H]1C[C@@]21C=CC(=O)CC1. The van der Waals surface area contributed by atoms with E-state index in [1.165, 1.54) is 0 Å². The molecule has 1 spiro atoms. The third-order valence-corrected chi connectivity index (χ3v) is 4.30. The van der Waals surface area contributed by atoms with Crippen LogP contribution in [0.5, 0.6) is 0 Å². The lowest BCUT2D eigenvalue weighted by Crippen LogP contribution is -2.52. The van der Waals surface area contributed by atoms with Crippen molar-refractivity contribution in [3.63, 3.8) is 0 Å². The second-order valence-electron chi connectivity index (χ2n) is 5.15. The maximum Gasteiger partial charge on any atom is 0.236 e. The Hall–Kier alpha value is -1.16. The van der Waals surface area contributed by atoms with E-state index in [1.807, 2.05) is 18.0 Å². The monoisotopic (exact) mass is 220 g/mol. The Balaban J connectivity index is 1.92. The van der Waals surface area contributed by atoms with Crippen molar-refractivity contribution >= 4 is 11.7 Å². The number of nitrogens with zero attached hydrogens (tertiary/aromatic N) is 2. The summed E-state index contributed by atoms with van der Waals surface area (Å²) in [6.45, 7) is 1.46. The molecule has 0 aromatic heterocycles. The van der Waals surface area contributed by atoms with Crippen molar-refractivity contribution < 1.29 is 9.59 Å². The van der Waals surface area contributed by atoms with Gasteiger partial charge in [-0.1, -0.05) is 6.08 Å². The van der Waals surface area contributed by atoms with Crippen LogP contribution in [0, 0.1) is 0 Å². The first-order valence-corrected chi connectivity index (χ1v) is 5.83. The summed E-state index contributed by atoms with van der Waals surface area (Å²) in [6, 6.07) is 0.333. The molecule has 2 aliphatic heterocycles. The van der Waals surface area contributed by atoms with E-state index in [4.69, 9.17) is 0 Å². The average molecular weight is 220 g/mol. The number of carbonyl (C=O) groups is 2. The van der Waals surface area contributed by atoms with Crippen molar-refractivity contribution in [2.45, 2.75) is 30.8 Å². The molecular weight excluding hydrogens is 204 g/mol. The number of hydrogen-bond donors (Lipinski definition) is 0. The van der Waals surface area contributed by atoms with Gasteiger partial charge in [0.25, 0.3) is 0 Å². The Bertz CT molecular complexity index is 390. The van der Waals surface area contributed by atoms with Crippen LogP contribution in [0.25, 0.3) is 0 Å². The molecule has 1 amide bonds. The number of piperazine rings is 1. The summed E-state index contributed by atoms with van der Waals surface area (Å²) >= 11 is 0.